The number of anilines is 2. The van der Waals surface area contributed by atoms with Gasteiger partial charge < -0.3 is 20.7 Å². The van der Waals surface area contributed by atoms with Crippen LogP contribution in [0.1, 0.15) is 23.6 Å². The third-order valence-corrected chi connectivity index (χ3v) is 4.90. The van der Waals surface area contributed by atoms with Gasteiger partial charge in [-0.25, -0.2) is 0 Å². The van der Waals surface area contributed by atoms with Gasteiger partial charge in [-0.05, 0) is 45.3 Å². The lowest BCUT2D eigenvalue weighted by molar-refractivity contribution is -0.112. The number of carbonyl (C=O) groups excluding carboxylic acids is 1. The molecular formula is C26H25N5O2. The van der Waals surface area contributed by atoms with Crippen LogP contribution in [0.5, 0.6) is 5.75 Å². The molecule has 0 aliphatic rings. The molecular weight excluding hydrogens is 414 g/mol. The number of nitrogens with one attached hydrogen (secondary N) is 1. The Hall–Kier alpha value is -4.33. The predicted octanol–water partition coefficient (Wildman–Crippen LogP) is 3.66. The maximum Gasteiger partial charge on any atom is 0.249 e. The first-order valence-electron chi connectivity index (χ1n) is 10.4. The van der Waals surface area contributed by atoms with E-state index in [9.17, 15) is 10.1 Å². The van der Waals surface area contributed by atoms with Crippen LogP contribution in [0, 0.1) is 23.7 Å². The lowest BCUT2D eigenvalue weighted by atomic mass is 9.99. The van der Waals surface area contributed by atoms with Crippen molar-refractivity contribution in [2.75, 3.05) is 32.6 Å². The second kappa shape index (κ2) is 10.3. The van der Waals surface area contributed by atoms with E-state index < -0.39 is 5.91 Å². The van der Waals surface area contributed by atoms with Crippen molar-refractivity contribution < 1.29 is 9.53 Å². The molecule has 166 valence electrons. The van der Waals surface area contributed by atoms with Crippen molar-refractivity contribution in [2.24, 2.45) is 5.73 Å². The Labute approximate surface area is 193 Å². The highest BCUT2D eigenvalue weighted by atomic mass is 16.5. The summed E-state index contributed by atoms with van der Waals surface area (Å²) >= 11 is 0. The van der Waals surface area contributed by atoms with Crippen molar-refractivity contribution in [3.05, 3.63) is 65.4 Å². The molecule has 3 N–H and O–H groups in total. The van der Waals surface area contributed by atoms with E-state index in [1.54, 1.807) is 18.2 Å². The minimum absolute atomic E-state index is 0.330. The van der Waals surface area contributed by atoms with Crippen molar-refractivity contribution >= 4 is 33.8 Å². The van der Waals surface area contributed by atoms with Gasteiger partial charge in [0.15, 0.2) is 0 Å². The van der Waals surface area contributed by atoms with Crippen LogP contribution in [0.2, 0.25) is 0 Å². The van der Waals surface area contributed by atoms with Crippen molar-refractivity contribution in [1.29, 1.82) is 5.26 Å². The predicted molar refractivity (Wildman–Crippen MR) is 131 cm³/mol. The largest absolute Gasteiger partial charge is 0.493 e. The van der Waals surface area contributed by atoms with Gasteiger partial charge in [0, 0.05) is 46.6 Å². The average molecular weight is 440 g/mol. The van der Waals surface area contributed by atoms with E-state index in [1.807, 2.05) is 50.2 Å². The number of carbonyl (C=O) groups is 1. The summed E-state index contributed by atoms with van der Waals surface area (Å²) in [5.41, 5.74) is 9.54. The van der Waals surface area contributed by atoms with Crippen molar-refractivity contribution in [3.8, 4) is 24.2 Å². The van der Waals surface area contributed by atoms with Crippen LogP contribution in [-0.2, 0) is 4.79 Å². The molecule has 1 heterocycles. The minimum atomic E-state index is -0.571. The number of fused-ring (bicyclic) bond motifs is 1. The zero-order chi connectivity index (χ0) is 24.0. The van der Waals surface area contributed by atoms with Crippen molar-refractivity contribution in [3.63, 3.8) is 0 Å². The van der Waals surface area contributed by atoms with Gasteiger partial charge in [-0.1, -0.05) is 18.1 Å². The average Bonchev–Trinajstić information content (AvgIpc) is 2.79. The number of amides is 1. The molecule has 0 atom stereocenters. The number of rotatable bonds is 8. The first-order valence-corrected chi connectivity index (χ1v) is 10.4. The van der Waals surface area contributed by atoms with E-state index in [-0.39, 0.29) is 0 Å². The highest BCUT2D eigenvalue weighted by molar-refractivity contribution is 6.20. The molecule has 0 aliphatic carbocycles. The second-order valence-electron chi connectivity index (χ2n) is 7.55. The molecule has 3 rings (SSSR count). The molecule has 1 amide bonds. The molecule has 0 spiro atoms. The number of aromatic nitrogens is 1. The quantitative estimate of drug-likeness (QED) is 0.410. The lowest BCUT2D eigenvalue weighted by Crippen LogP contribution is -2.17. The summed E-state index contributed by atoms with van der Waals surface area (Å²) in [6.07, 6.45) is 8.79. The maximum absolute atomic E-state index is 12.4. The van der Waals surface area contributed by atoms with Crippen molar-refractivity contribution in [1.82, 2.24) is 9.88 Å². The van der Waals surface area contributed by atoms with E-state index in [1.165, 1.54) is 6.20 Å². The number of nitrogens with two attached hydrogens (primary N) is 1. The standard InChI is InChI=1S/C26H25N5O2/c1-5-17-8-7-9-19(12-17)30-25-18(15-27)16-29-23-14-24(33-6-2)21(13-22(23)25)20(26(28)32)10-11-31(3)4/h1,7-10,12-14,16H,6,11H2,2-4H3,(H2,28,32)(H,29,30). The summed E-state index contributed by atoms with van der Waals surface area (Å²) in [4.78, 5) is 18.7. The van der Waals surface area contributed by atoms with Gasteiger partial charge >= 0.3 is 0 Å². The number of hydrogen-bond acceptors (Lipinski definition) is 6. The second-order valence-corrected chi connectivity index (χ2v) is 7.55. The Bertz CT molecular complexity index is 1310. The number of nitriles is 1. The third kappa shape index (κ3) is 5.30. The smallest absolute Gasteiger partial charge is 0.249 e. The zero-order valence-electron chi connectivity index (χ0n) is 18.8. The Balaban J connectivity index is 2.27. The third-order valence-electron chi connectivity index (χ3n) is 4.90. The lowest BCUT2D eigenvalue weighted by Gasteiger charge is -2.17. The summed E-state index contributed by atoms with van der Waals surface area (Å²) < 4.78 is 5.82. The van der Waals surface area contributed by atoms with E-state index in [2.05, 4.69) is 22.3 Å². The Kier molecular flexibility index (Phi) is 7.30. The fourth-order valence-electron chi connectivity index (χ4n) is 3.37. The van der Waals surface area contributed by atoms with Gasteiger partial charge in [0.25, 0.3) is 0 Å². The van der Waals surface area contributed by atoms with Gasteiger partial charge in [-0.2, -0.15) is 5.26 Å². The highest BCUT2D eigenvalue weighted by Gasteiger charge is 2.19. The summed E-state index contributed by atoms with van der Waals surface area (Å²) in [5.74, 6) is 2.52. The number of hydrogen-bond donors (Lipinski definition) is 2. The van der Waals surface area contributed by atoms with Crippen LogP contribution in [0.3, 0.4) is 0 Å². The Morgan fingerprint density at radius 1 is 1.33 bits per heavy atom. The van der Waals surface area contributed by atoms with Gasteiger partial charge in [-0.15, -0.1) is 6.42 Å². The fourth-order valence-corrected chi connectivity index (χ4v) is 3.37. The molecule has 0 unspecified atom stereocenters. The van der Waals surface area contributed by atoms with Gasteiger partial charge in [0.1, 0.15) is 11.8 Å². The molecule has 0 aliphatic heterocycles. The topological polar surface area (TPSA) is 104 Å². The van der Waals surface area contributed by atoms with Crippen LogP contribution >= 0.6 is 0 Å². The summed E-state index contributed by atoms with van der Waals surface area (Å²) in [5, 5.41) is 13.7. The van der Waals surface area contributed by atoms with Crippen LogP contribution in [0.25, 0.3) is 16.5 Å². The molecule has 1 aromatic heterocycles. The van der Waals surface area contributed by atoms with Crippen molar-refractivity contribution in [2.45, 2.75) is 6.92 Å². The first kappa shape index (κ1) is 23.3. The number of nitrogens with zero attached hydrogens (tertiary/aromatic N) is 3. The number of benzene rings is 2. The van der Waals surface area contributed by atoms with E-state index >= 15 is 0 Å². The molecule has 3 aromatic rings. The summed E-state index contributed by atoms with van der Waals surface area (Å²) in [6, 6.07) is 13.0. The summed E-state index contributed by atoms with van der Waals surface area (Å²) in [6.45, 7) is 2.78. The fraction of sp³-hybridized carbons (Fsp3) is 0.192. The van der Waals surface area contributed by atoms with E-state index in [0.29, 0.717) is 57.8 Å². The molecule has 0 bridgehead atoms. The molecule has 2 aromatic carbocycles. The van der Waals surface area contributed by atoms with E-state index in [4.69, 9.17) is 16.9 Å². The number of terminal acetylenes is 1. The van der Waals surface area contributed by atoms with E-state index in [0.717, 1.165) is 5.69 Å². The minimum Gasteiger partial charge on any atom is -0.493 e. The van der Waals surface area contributed by atoms with Crippen LogP contribution in [0.15, 0.2) is 48.7 Å². The molecule has 0 saturated carbocycles. The van der Waals surface area contributed by atoms with Crippen LogP contribution < -0.4 is 15.8 Å². The number of primary amides is 1. The molecule has 33 heavy (non-hydrogen) atoms. The summed E-state index contributed by atoms with van der Waals surface area (Å²) in [7, 11) is 3.79. The van der Waals surface area contributed by atoms with Gasteiger partial charge in [0.2, 0.25) is 5.91 Å². The van der Waals surface area contributed by atoms with Crippen LogP contribution in [-0.4, -0.2) is 43.0 Å². The number of ether oxygens (including phenoxy) is 1. The molecule has 0 fully saturated rings. The highest BCUT2D eigenvalue weighted by Crippen LogP contribution is 2.36. The molecule has 7 nitrogen and oxygen atoms in total. The monoisotopic (exact) mass is 439 g/mol. The Morgan fingerprint density at radius 2 is 2.12 bits per heavy atom. The normalized spacial score (nSPS) is 11.2. The Morgan fingerprint density at radius 3 is 2.76 bits per heavy atom. The maximum atomic E-state index is 12.4. The van der Waals surface area contributed by atoms with Gasteiger partial charge in [0.05, 0.1) is 23.4 Å². The first-order chi connectivity index (χ1) is 15.9. The van der Waals surface area contributed by atoms with Crippen LogP contribution in [0.4, 0.5) is 11.4 Å². The number of pyridine rings is 1. The molecule has 7 heteroatoms. The molecule has 0 saturated heterocycles. The zero-order valence-corrected chi connectivity index (χ0v) is 18.8. The molecule has 0 radical (unpaired) electrons. The van der Waals surface area contributed by atoms with Gasteiger partial charge in [-0.3, -0.25) is 9.78 Å². The number of likely N-dealkylation sites (N-methyl/N-ethyl adjacent to an activating group) is 1. The SMILES string of the molecule is C#Cc1cccc(Nc2c(C#N)cnc3cc(OCC)c(C(=CCN(C)C)C(N)=O)cc23)c1.